The van der Waals surface area contributed by atoms with E-state index in [9.17, 15) is 13.2 Å². The maximum absolute atomic E-state index is 12.1. The third kappa shape index (κ3) is 4.47. The van der Waals surface area contributed by atoms with Gasteiger partial charge in [0.1, 0.15) is 0 Å². The zero-order chi connectivity index (χ0) is 14.6. The Hall–Kier alpha value is -1.11. The van der Waals surface area contributed by atoms with Gasteiger partial charge >= 0.3 is 6.18 Å². The van der Waals surface area contributed by atoms with Crippen LogP contribution in [0.15, 0.2) is 4.52 Å². The van der Waals surface area contributed by atoms with Crippen molar-refractivity contribution >= 4 is 0 Å². The van der Waals surface area contributed by atoms with Gasteiger partial charge in [-0.2, -0.15) is 18.2 Å². The van der Waals surface area contributed by atoms with Gasteiger partial charge < -0.3 is 9.84 Å². The molecule has 4 nitrogen and oxygen atoms in total. The summed E-state index contributed by atoms with van der Waals surface area (Å²) >= 11 is 0. The van der Waals surface area contributed by atoms with E-state index in [-0.39, 0.29) is 18.3 Å². The molecule has 1 atom stereocenters. The molecule has 20 heavy (non-hydrogen) atoms. The normalized spacial score (nSPS) is 18.6. The van der Waals surface area contributed by atoms with Gasteiger partial charge in [0, 0.05) is 18.9 Å². The van der Waals surface area contributed by atoms with Gasteiger partial charge in [-0.3, -0.25) is 0 Å². The lowest BCUT2D eigenvalue weighted by Crippen LogP contribution is -2.34. The molecule has 0 saturated heterocycles. The summed E-state index contributed by atoms with van der Waals surface area (Å²) in [5, 5.41) is 6.87. The van der Waals surface area contributed by atoms with Crippen molar-refractivity contribution in [3.05, 3.63) is 11.7 Å². The zero-order valence-electron chi connectivity index (χ0n) is 11.5. The molecule has 0 aliphatic heterocycles. The molecule has 0 aromatic carbocycles. The van der Waals surface area contributed by atoms with Gasteiger partial charge in [0.05, 0.1) is 6.42 Å². The van der Waals surface area contributed by atoms with Gasteiger partial charge in [-0.1, -0.05) is 18.0 Å². The van der Waals surface area contributed by atoms with Gasteiger partial charge in [0.15, 0.2) is 5.82 Å². The highest BCUT2D eigenvalue weighted by Crippen LogP contribution is 2.29. The molecule has 1 aliphatic carbocycles. The lowest BCUT2D eigenvalue weighted by Gasteiger charge is -2.20. The van der Waals surface area contributed by atoms with Crippen LogP contribution in [-0.2, 0) is 12.8 Å². The maximum atomic E-state index is 12.1. The van der Waals surface area contributed by atoms with E-state index in [0.29, 0.717) is 18.2 Å². The fraction of sp³-hybridized carbons (Fsp3) is 0.846. The van der Waals surface area contributed by atoms with Crippen molar-refractivity contribution < 1.29 is 17.7 Å². The third-order valence-electron chi connectivity index (χ3n) is 3.88. The zero-order valence-corrected chi connectivity index (χ0v) is 11.5. The fourth-order valence-corrected chi connectivity index (χ4v) is 2.78. The molecule has 0 radical (unpaired) electrons. The summed E-state index contributed by atoms with van der Waals surface area (Å²) < 4.78 is 41.4. The van der Waals surface area contributed by atoms with E-state index < -0.39 is 12.6 Å². The van der Waals surface area contributed by atoms with Crippen LogP contribution in [0.5, 0.6) is 0 Å². The second-order valence-corrected chi connectivity index (χ2v) is 5.36. The summed E-state index contributed by atoms with van der Waals surface area (Å²) in [7, 11) is 1.89. The lowest BCUT2D eigenvalue weighted by molar-refractivity contribution is -0.134. The first kappa shape index (κ1) is 15.3. The van der Waals surface area contributed by atoms with Crippen LogP contribution in [0.4, 0.5) is 13.2 Å². The standard InChI is InChI=1S/C13H20F3N3O/c1-17-10(9-4-2-3-5-9)8-12-18-11(19-20-12)6-7-13(14,15)16/h9-10,17H,2-8H2,1H3. The Kier molecular flexibility index (Phi) is 5.01. The first-order valence-electron chi connectivity index (χ1n) is 7.03. The number of likely N-dealkylation sites (N-methyl/N-ethyl adjacent to an activating group) is 1. The number of halogens is 3. The largest absolute Gasteiger partial charge is 0.389 e. The molecule has 7 heteroatoms. The van der Waals surface area contributed by atoms with Crippen molar-refractivity contribution in [2.45, 2.75) is 57.2 Å². The number of hydrogen-bond donors (Lipinski definition) is 1. The van der Waals surface area contributed by atoms with E-state index in [1.807, 2.05) is 7.05 Å². The molecule has 0 spiro atoms. The quantitative estimate of drug-likeness (QED) is 0.875. The summed E-state index contributed by atoms with van der Waals surface area (Å²) in [5.74, 6) is 1.15. The molecule has 1 aromatic heterocycles. The number of rotatable bonds is 6. The first-order chi connectivity index (χ1) is 9.48. The number of hydrogen-bond acceptors (Lipinski definition) is 4. The Balaban J connectivity index is 1.87. The van der Waals surface area contributed by atoms with Crippen LogP contribution in [0.1, 0.15) is 43.8 Å². The van der Waals surface area contributed by atoms with Crippen LogP contribution in [0, 0.1) is 5.92 Å². The Morgan fingerprint density at radius 1 is 1.35 bits per heavy atom. The van der Waals surface area contributed by atoms with Gasteiger partial charge in [-0.25, -0.2) is 0 Å². The van der Waals surface area contributed by atoms with E-state index in [1.54, 1.807) is 0 Å². The van der Waals surface area contributed by atoms with Gasteiger partial charge in [-0.05, 0) is 25.8 Å². The molecule has 114 valence electrons. The summed E-state index contributed by atoms with van der Waals surface area (Å²) in [6.45, 7) is 0. The highest BCUT2D eigenvalue weighted by atomic mass is 19.4. The van der Waals surface area contributed by atoms with Crippen molar-refractivity contribution in [2.75, 3.05) is 7.05 Å². The van der Waals surface area contributed by atoms with Crippen LogP contribution in [0.2, 0.25) is 0 Å². The Bertz CT molecular complexity index is 413. The smallest absolute Gasteiger partial charge is 0.339 e. The molecule has 1 N–H and O–H groups in total. The van der Waals surface area contributed by atoms with Gasteiger partial charge in [0.2, 0.25) is 5.89 Å². The molecule has 1 aliphatic rings. The van der Waals surface area contributed by atoms with Crippen LogP contribution >= 0.6 is 0 Å². The summed E-state index contributed by atoms with van der Waals surface area (Å²) in [4.78, 5) is 4.05. The number of nitrogens with zero attached hydrogens (tertiary/aromatic N) is 2. The van der Waals surface area contributed by atoms with Crippen LogP contribution < -0.4 is 5.32 Å². The first-order valence-corrected chi connectivity index (χ1v) is 7.03. The van der Waals surface area contributed by atoms with Crippen molar-refractivity contribution in [3.63, 3.8) is 0 Å². The molecule has 1 unspecified atom stereocenters. The number of aryl methyl sites for hydroxylation is 1. The molecule has 1 aromatic rings. The van der Waals surface area contributed by atoms with Crippen molar-refractivity contribution in [2.24, 2.45) is 5.92 Å². The van der Waals surface area contributed by atoms with Crippen LogP contribution in [-0.4, -0.2) is 29.4 Å². The minimum atomic E-state index is -4.18. The lowest BCUT2D eigenvalue weighted by atomic mass is 9.95. The molecular weight excluding hydrogens is 271 g/mol. The minimum Gasteiger partial charge on any atom is -0.339 e. The predicted octanol–water partition coefficient (Wildman–Crippen LogP) is 2.89. The second kappa shape index (κ2) is 6.56. The summed E-state index contributed by atoms with van der Waals surface area (Å²) in [6, 6.07) is 0.258. The minimum absolute atomic E-state index is 0.138. The van der Waals surface area contributed by atoms with E-state index in [0.717, 1.165) is 0 Å². The maximum Gasteiger partial charge on any atom is 0.389 e. The average molecular weight is 291 g/mol. The third-order valence-corrected chi connectivity index (χ3v) is 3.88. The number of aromatic nitrogens is 2. The topological polar surface area (TPSA) is 51.0 Å². The van der Waals surface area contributed by atoms with E-state index in [4.69, 9.17) is 4.52 Å². The molecule has 1 heterocycles. The van der Waals surface area contributed by atoms with Crippen molar-refractivity contribution in [1.29, 1.82) is 0 Å². The summed E-state index contributed by atoms with van der Waals surface area (Å²) in [5.41, 5.74) is 0. The van der Waals surface area contributed by atoms with Crippen LogP contribution in [0.25, 0.3) is 0 Å². The monoisotopic (exact) mass is 291 g/mol. The van der Waals surface area contributed by atoms with E-state index >= 15 is 0 Å². The fourth-order valence-electron chi connectivity index (χ4n) is 2.78. The average Bonchev–Trinajstić information content (AvgIpc) is 3.04. The number of alkyl halides is 3. The molecule has 1 saturated carbocycles. The highest BCUT2D eigenvalue weighted by molar-refractivity contribution is 4.92. The second-order valence-electron chi connectivity index (χ2n) is 5.36. The molecular formula is C13H20F3N3O. The summed E-state index contributed by atoms with van der Waals surface area (Å²) in [6.07, 6.45) is 0.108. The van der Waals surface area contributed by atoms with Crippen LogP contribution in [0.3, 0.4) is 0 Å². The van der Waals surface area contributed by atoms with Crippen molar-refractivity contribution in [1.82, 2.24) is 15.5 Å². The van der Waals surface area contributed by atoms with Gasteiger partial charge in [-0.15, -0.1) is 0 Å². The Morgan fingerprint density at radius 2 is 2.05 bits per heavy atom. The van der Waals surface area contributed by atoms with E-state index in [2.05, 4.69) is 15.5 Å². The van der Waals surface area contributed by atoms with Gasteiger partial charge in [0.25, 0.3) is 0 Å². The van der Waals surface area contributed by atoms with Crippen molar-refractivity contribution in [3.8, 4) is 0 Å². The molecule has 0 bridgehead atoms. The highest BCUT2D eigenvalue weighted by Gasteiger charge is 2.28. The Morgan fingerprint density at radius 3 is 2.65 bits per heavy atom. The van der Waals surface area contributed by atoms with E-state index in [1.165, 1.54) is 25.7 Å². The predicted molar refractivity (Wildman–Crippen MR) is 67.2 cm³/mol. The SMILES string of the molecule is CNC(Cc1nc(CCC(F)(F)F)no1)C1CCCC1. The molecule has 1 fully saturated rings. The number of nitrogens with one attached hydrogen (secondary N) is 1. The molecule has 2 rings (SSSR count). The Labute approximate surface area is 116 Å². The molecule has 0 amide bonds.